The first-order valence-corrected chi connectivity index (χ1v) is 8.03. The Balaban J connectivity index is 1.90. The van der Waals surface area contributed by atoms with Gasteiger partial charge in [-0.3, -0.25) is 4.90 Å². The van der Waals surface area contributed by atoms with E-state index in [0.717, 1.165) is 27.8 Å². The number of carbonyl (C=O) groups excluding carboxylic acids is 1. The number of benzene rings is 2. The van der Waals surface area contributed by atoms with Crippen LogP contribution in [-0.2, 0) is 17.8 Å². The van der Waals surface area contributed by atoms with Crippen LogP contribution in [0.25, 0.3) is 11.1 Å². The molecule has 0 bridgehead atoms. The van der Waals surface area contributed by atoms with Crippen molar-refractivity contribution in [1.29, 1.82) is 0 Å². The third-order valence-corrected chi connectivity index (χ3v) is 3.98. The number of terminal acetylenes is 1. The fourth-order valence-corrected chi connectivity index (χ4v) is 2.92. The van der Waals surface area contributed by atoms with Crippen LogP contribution in [0.15, 0.2) is 42.5 Å². The molecule has 1 heterocycles. The summed E-state index contributed by atoms with van der Waals surface area (Å²) in [5, 5.41) is 0. The third-order valence-electron chi connectivity index (χ3n) is 3.98. The van der Waals surface area contributed by atoms with Gasteiger partial charge in [0.1, 0.15) is 5.60 Å². The van der Waals surface area contributed by atoms with Gasteiger partial charge in [0.05, 0.1) is 6.54 Å². The lowest BCUT2D eigenvalue weighted by molar-refractivity contribution is 0.0242. The van der Waals surface area contributed by atoms with Crippen molar-refractivity contribution in [2.75, 3.05) is 0 Å². The lowest BCUT2D eigenvalue weighted by Gasteiger charge is -2.24. The normalized spacial score (nSPS) is 13.3. The molecule has 0 radical (unpaired) electrons. The fraction of sp³-hybridized carbons (Fsp3) is 0.286. The monoisotopic (exact) mass is 319 g/mol. The van der Waals surface area contributed by atoms with E-state index >= 15 is 0 Å². The van der Waals surface area contributed by atoms with Crippen molar-refractivity contribution in [2.45, 2.75) is 39.5 Å². The van der Waals surface area contributed by atoms with Crippen LogP contribution in [0, 0.1) is 12.3 Å². The molecule has 0 saturated heterocycles. The number of rotatable bonds is 1. The second-order valence-electron chi connectivity index (χ2n) is 7.00. The van der Waals surface area contributed by atoms with Crippen LogP contribution in [0.2, 0.25) is 0 Å². The summed E-state index contributed by atoms with van der Waals surface area (Å²) in [6.07, 6.45) is 5.23. The summed E-state index contributed by atoms with van der Waals surface area (Å²) in [5.74, 6) is 2.67. The molecule has 2 aromatic carbocycles. The second kappa shape index (κ2) is 6.05. The average molecular weight is 319 g/mol. The molecule has 2 aromatic rings. The molecule has 0 aromatic heterocycles. The molecule has 1 aliphatic heterocycles. The van der Waals surface area contributed by atoms with E-state index in [4.69, 9.17) is 11.2 Å². The third kappa shape index (κ3) is 3.28. The molecule has 122 valence electrons. The predicted molar refractivity (Wildman–Crippen MR) is 95.3 cm³/mol. The van der Waals surface area contributed by atoms with Gasteiger partial charge in [0.2, 0.25) is 0 Å². The highest BCUT2D eigenvalue weighted by Gasteiger charge is 2.29. The molecule has 0 unspecified atom stereocenters. The number of carbonyl (C=O) groups is 1. The minimum absolute atomic E-state index is 0.276. The molecular formula is C21H21NO2. The summed E-state index contributed by atoms with van der Waals surface area (Å²) in [6, 6.07) is 14.1. The van der Waals surface area contributed by atoms with Gasteiger partial charge in [-0.25, -0.2) is 4.79 Å². The Bertz CT molecular complexity index is 824. The zero-order chi connectivity index (χ0) is 17.3. The number of amides is 1. The van der Waals surface area contributed by atoms with Crippen molar-refractivity contribution in [1.82, 2.24) is 4.90 Å². The average Bonchev–Trinajstić information content (AvgIpc) is 2.97. The Kier molecular flexibility index (Phi) is 4.07. The molecule has 3 rings (SSSR count). The van der Waals surface area contributed by atoms with Gasteiger partial charge in [0, 0.05) is 12.1 Å². The predicted octanol–water partition coefficient (Wildman–Crippen LogP) is 4.59. The zero-order valence-corrected chi connectivity index (χ0v) is 14.3. The Morgan fingerprint density at radius 3 is 2.62 bits per heavy atom. The maximum atomic E-state index is 12.4. The summed E-state index contributed by atoms with van der Waals surface area (Å²) in [4.78, 5) is 14.1. The topological polar surface area (TPSA) is 29.5 Å². The van der Waals surface area contributed by atoms with Crippen molar-refractivity contribution in [2.24, 2.45) is 0 Å². The highest BCUT2D eigenvalue weighted by atomic mass is 16.6. The van der Waals surface area contributed by atoms with Crippen LogP contribution < -0.4 is 0 Å². The molecule has 24 heavy (non-hydrogen) atoms. The van der Waals surface area contributed by atoms with Gasteiger partial charge < -0.3 is 4.74 Å². The minimum atomic E-state index is -0.490. The van der Waals surface area contributed by atoms with E-state index in [1.165, 1.54) is 0 Å². The Morgan fingerprint density at radius 1 is 1.17 bits per heavy atom. The van der Waals surface area contributed by atoms with E-state index in [-0.39, 0.29) is 6.09 Å². The first kappa shape index (κ1) is 16.1. The summed E-state index contributed by atoms with van der Waals surface area (Å²) >= 11 is 0. The molecule has 0 N–H and O–H groups in total. The van der Waals surface area contributed by atoms with Gasteiger partial charge in [-0.15, -0.1) is 6.42 Å². The molecule has 0 atom stereocenters. The van der Waals surface area contributed by atoms with Gasteiger partial charge in [0.25, 0.3) is 0 Å². The van der Waals surface area contributed by atoms with Crippen LogP contribution in [0.5, 0.6) is 0 Å². The van der Waals surface area contributed by atoms with E-state index in [2.05, 4.69) is 18.1 Å². The minimum Gasteiger partial charge on any atom is -0.444 e. The van der Waals surface area contributed by atoms with Crippen molar-refractivity contribution in [3.05, 3.63) is 59.2 Å². The molecular weight excluding hydrogens is 298 g/mol. The summed E-state index contributed by atoms with van der Waals surface area (Å²) in [6.45, 7) is 6.77. The van der Waals surface area contributed by atoms with Gasteiger partial charge in [-0.05, 0) is 55.2 Å². The maximum Gasteiger partial charge on any atom is 0.410 e. The van der Waals surface area contributed by atoms with E-state index in [1.54, 1.807) is 4.90 Å². The Hall–Kier alpha value is -2.73. The van der Waals surface area contributed by atoms with E-state index in [9.17, 15) is 4.79 Å². The fourth-order valence-electron chi connectivity index (χ4n) is 2.92. The Morgan fingerprint density at radius 2 is 1.92 bits per heavy atom. The quantitative estimate of drug-likeness (QED) is 0.720. The van der Waals surface area contributed by atoms with Crippen molar-refractivity contribution in [3.63, 3.8) is 0 Å². The van der Waals surface area contributed by atoms with Crippen LogP contribution in [0.4, 0.5) is 4.79 Å². The SMILES string of the molecule is C#Cc1cccc(-c2cccc3c2CN(C(=O)OC(C)(C)C)C3)c1. The molecule has 1 aliphatic rings. The van der Waals surface area contributed by atoms with Crippen molar-refractivity contribution >= 4 is 6.09 Å². The highest BCUT2D eigenvalue weighted by molar-refractivity contribution is 5.74. The van der Waals surface area contributed by atoms with Crippen LogP contribution >= 0.6 is 0 Å². The molecule has 3 nitrogen and oxygen atoms in total. The van der Waals surface area contributed by atoms with E-state index in [0.29, 0.717) is 13.1 Å². The van der Waals surface area contributed by atoms with Gasteiger partial charge >= 0.3 is 6.09 Å². The van der Waals surface area contributed by atoms with Crippen LogP contribution in [0.1, 0.15) is 37.5 Å². The van der Waals surface area contributed by atoms with Gasteiger partial charge in [-0.1, -0.05) is 36.3 Å². The number of hydrogen-bond donors (Lipinski definition) is 0. The lowest BCUT2D eigenvalue weighted by atomic mass is 9.96. The smallest absolute Gasteiger partial charge is 0.410 e. The number of ether oxygens (including phenoxy) is 1. The Labute approximate surface area is 143 Å². The van der Waals surface area contributed by atoms with Crippen molar-refractivity contribution in [3.8, 4) is 23.5 Å². The number of nitrogens with zero attached hydrogens (tertiary/aromatic N) is 1. The molecule has 0 fully saturated rings. The second-order valence-corrected chi connectivity index (χ2v) is 7.00. The largest absolute Gasteiger partial charge is 0.444 e. The number of hydrogen-bond acceptors (Lipinski definition) is 2. The molecule has 0 aliphatic carbocycles. The van der Waals surface area contributed by atoms with Crippen LogP contribution in [0.3, 0.4) is 0 Å². The number of fused-ring (bicyclic) bond motifs is 1. The van der Waals surface area contributed by atoms with E-state index < -0.39 is 5.60 Å². The first-order chi connectivity index (χ1) is 11.4. The van der Waals surface area contributed by atoms with Crippen LogP contribution in [-0.4, -0.2) is 16.6 Å². The summed E-state index contributed by atoms with van der Waals surface area (Å²) in [5.41, 5.74) is 4.88. The summed E-state index contributed by atoms with van der Waals surface area (Å²) < 4.78 is 5.50. The molecule has 0 spiro atoms. The standard InChI is InChI=1S/C21H21NO2/c1-5-15-8-6-9-16(12-15)18-11-7-10-17-13-22(14-19(17)18)20(23)24-21(2,3)4/h1,6-12H,13-14H2,2-4H3. The first-order valence-electron chi connectivity index (χ1n) is 8.03. The molecule has 0 saturated carbocycles. The molecule has 1 amide bonds. The molecule has 3 heteroatoms. The highest BCUT2D eigenvalue weighted by Crippen LogP contribution is 2.33. The van der Waals surface area contributed by atoms with Crippen molar-refractivity contribution < 1.29 is 9.53 Å². The van der Waals surface area contributed by atoms with Gasteiger partial charge in [-0.2, -0.15) is 0 Å². The summed E-state index contributed by atoms with van der Waals surface area (Å²) in [7, 11) is 0. The zero-order valence-electron chi connectivity index (χ0n) is 14.3. The maximum absolute atomic E-state index is 12.4. The lowest BCUT2D eigenvalue weighted by Crippen LogP contribution is -2.33. The van der Waals surface area contributed by atoms with E-state index in [1.807, 2.05) is 51.1 Å². The van der Waals surface area contributed by atoms with Gasteiger partial charge in [0.15, 0.2) is 0 Å².